The summed E-state index contributed by atoms with van der Waals surface area (Å²) in [5.41, 5.74) is 0. The molecule has 3 nitrogen and oxygen atoms in total. The molecule has 0 saturated carbocycles. The lowest BCUT2D eigenvalue weighted by atomic mass is 10.6. The van der Waals surface area contributed by atoms with E-state index in [1.54, 1.807) is 0 Å². The van der Waals surface area contributed by atoms with E-state index in [1.165, 1.54) is 0 Å². The quantitative estimate of drug-likeness (QED) is 0.461. The van der Waals surface area contributed by atoms with Crippen molar-refractivity contribution in [2.75, 3.05) is 18.7 Å². The zero-order valence-corrected chi connectivity index (χ0v) is 6.70. The SMILES string of the molecule is COS(=O)(=O)CCCCl. The van der Waals surface area contributed by atoms with Gasteiger partial charge in [-0.2, -0.15) is 8.42 Å². The Labute approximate surface area is 60.1 Å². The largest absolute Gasteiger partial charge is 0.273 e. The molecule has 0 aliphatic rings. The minimum absolute atomic E-state index is 0.00694. The van der Waals surface area contributed by atoms with E-state index in [2.05, 4.69) is 4.18 Å². The van der Waals surface area contributed by atoms with Gasteiger partial charge < -0.3 is 0 Å². The van der Waals surface area contributed by atoms with Gasteiger partial charge in [-0.3, -0.25) is 4.18 Å². The summed E-state index contributed by atoms with van der Waals surface area (Å²) in [4.78, 5) is 0. The average molecular weight is 173 g/mol. The fraction of sp³-hybridized carbons (Fsp3) is 1.00. The van der Waals surface area contributed by atoms with E-state index in [4.69, 9.17) is 11.6 Å². The Balaban J connectivity index is 3.61. The van der Waals surface area contributed by atoms with Crippen molar-refractivity contribution < 1.29 is 12.6 Å². The lowest BCUT2D eigenvalue weighted by Crippen LogP contribution is -2.07. The molecule has 0 aromatic carbocycles. The van der Waals surface area contributed by atoms with Crippen LogP contribution >= 0.6 is 11.6 Å². The highest BCUT2D eigenvalue weighted by atomic mass is 35.5. The van der Waals surface area contributed by atoms with E-state index in [1.807, 2.05) is 0 Å². The Morgan fingerprint density at radius 2 is 2.11 bits per heavy atom. The first-order valence-electron chi connectivity index (χ1n) is 2.46. The molecule has 0 atom stereocenters. The van der Waals surface area contributed by atoms with Gasteiger partial charge in [-0.05, 0) is 6.42 Å². The van der Waals surface area contributed by atoms with Crippen molar-refractivity contribution in [3.8, 4) is 0 Å². The summed E-state index contributed by atoms with van der Waals surface area (Å²) >= 11 is 5.24. The van der Waals surface area contributed by atoms with E-state index in [0.29, 0.717) is 12.3 Å². The molecular weight excluding hydrogens is 164 g/mol. The number of hydrogen-bond donors (Lipinski definition) is 0. The van der Waals surface area contributed by atoms with Gasteiger partial charge in [-0.15, -0.1) is 11.6 Å². The van der Waals surface area contributed by atoms with Crippen LogP contribution in [0.2, 0.25) is 0 Å². The summed E-state index contributed by atoms with van der Waals surface area (Å²) in [5.74, 6) is 0.357. The van der Waals surface area contributed by atoms with Crippen LogP contribution in [0.15, 0.2) is 0 Å². The third-order valence-corrected chi connectivity index (χ3v) is 2.35. The Morgan fingerprint density at radius 3 is 2.44 bits per heavy atom. The summed E-state index contributed by atoms with van der Waals surface area (Å²) in [5, 5.41) is 0. The van der Waals surface area contributed by atoms with Crippen LogP contribution in [0.25, 0.3) is 0 Å². The molecule has 0 N–H and O–H groups in total. The second kappa shape index (κ2) is 4.09. The maximum absolute atomic E-state index is 10.5. The van der Waals surface area contributed by atoms with Gasteiger partial charge in [0, 0.05) is 5.88 Å². The van der Waals surface area contributed by atoms with Gasteiger partial charge in [0.2, 0.25) is 0 Å². The molecule has 9 heavy (non-hydrogen) atoms. The lowest BCUT2D eigenvalue weighted by Gasteiger charge is -1.96. The van der Waals surface area contributed by atoms with Gasteiger partial charge >= 0.3 is 0 Å². The molecule has 0 fully saturated rings. The highest BCUT2D eigenvalue weighted by Crippen LogP contribution is 1.94. The average Bonchev–Trinajstić information content (AvgIpc) is 1.84. The van der Waals surface area contributed by atoms with Gasteiger partial charge in [0.05, 0.1) is 12.9 Å². The Morgan fingerprint density at radius 1 is 1.56 bits per heavy atom. The van der Waals surface area contributed by atoms with Crippen LogP contribution in [0.1, 0.15) is 6.42 Å². The molecule has 0 rings (SSSR count). The molecule has 0 radical (unpaired) electrons. The van der Waals surface area contributed by atoms with Crippen molar-refractivity contribution in [2.45, 2.75) is 6.42 Å². The standard InChI is InChI=1S/C4H9ClO3S/c1-8-9(6,7)4-2-3-5/h2-4H2,1H3. The van der Waals surface area contributed by atoms with Crippen molar-refractivity contribution >= 4 is 21.7 Å². The third kappa shape index (κ3) is 4.69. The fourth-order valence-corrected chi connectivity index (χ4v) is 1.27. The molecular formula is C4H9ClO3S. The highest BCUT2D eigenvalue weighted by Gasteiger charge is 2.05. The Bertz CT molecular complexity index is 151. The first kappa shape index (κ1) is 9.20. The maximum Gasteiger partial charge on any atom is 0.267 e. The molecule has 0 aromatic rings. The Hall–Kier alpha value is 0.200. The topological polar surface area (TPSA) is 43.4 Å². The van der Waals surface area contributed by atoms with E-state index in [9.17, 15) is 8.42 Å². The van der Waals surface area contributed by atoms with Crippen LogP contribution in [0.3, 0.4) is 0 Å². The molecule has 0 bridgehead atoms. The van der Waals surface area contributed by atoms with Crippen LogP contribution in [0.5, 0.6) is 0 Å². The molecule has 0 saturated heterocycles. The first-order valence-corrected chi connectivity index (χ1v) is 4.58. The van der Waals surface area contributed by atoms with Gasteiger partial charge in [0.25, 0.3) is 10.1 Å². The van der Waals surface area contributed by atoms with Crippen molar-refractivity contribution in [1.29, 1.82) is 0 Å². The molecule has 0 unspecified atom stereocenters. The van der Waals surface area contributed by atoms with Crippen molar-refractivity contribution in [2.24, 2.45) is 0 Å². The zero-order chi connectivity index (χ0) is 7.33. The van der Waals surface area contributed by atoms with Gasteiger partial charge in [0.1, 0.15) is 0 Å². The monoisotopic (exact) mass is 172 g/mol. The minimum atomic E-state index is -3.27. The van der Waals surface area contributed by atoms with Crippen molar-refractivity contribution in [3.63, 3.8) is 0 Å². The molecule has 0 aliphatic carbocycles. The summed E-state index contributed by atoms with van der Waals surface area (Å²) in [6, 6.07) is 0. The molecule has 0 spiro atoms. The minimum Gasteiger partial charge on any atom is -0.273 e. The van der Waals surface area contributed by atoms with E-state index in [-0.39, 0.29) is 5.75 Å². The maximum atomic E-state index is 10.5. The lowest BCUT2D eigenvalue weighted by molar-refractivity contribution is 0.397. The number of halogens is 1. The van der Waals surface area contributed by atoms with Crippen LogP contribution in [-0.4, -0.2) is 27.2 Å². The smallest absolute Gasteiger partial charge is 0.267 e. The summed E-state index contributed by atoms with van der Waals surface area (Å²) in [6.45, 7) is 0. The summed E-state index contributed by atoms with van der Waals surface area (Å²) in [6.07, 6.45) is 0.442. The first-order chi connectivity index (χ1) is 4.12. The zero-order valence-electron chi connectivity index (χ0n) is 5.13. The summed E-state index contributed by atoms with van der Waals surface area (Å²) < 4.78 is 25.1. The number of hydrogen-bond acceptors (Lipinski definition) is 3. The summed E-state index contributed by atoms with van der Waals surface area (Å²) in [7, 11) is -2.12. The predicted octanol–water partition coefficient (Wildman–Crippen LogP) is 0.591. The fourth-order valence-electron chi connectivity index (χ4n) is 0.315. The van der Waals surface area contributed by atoms with Crippen LogP contribution < -0.4 is 0 Å². The second-order valence-electron chi connectivity index (χ2n) is 1.47. The molecule has 0 heterocycles. The van der Waals surface area contributed by atoms with Crippen LogP contribution in [0, 0.1) is 0 Å². The van der Waals surface area contributed by atoms with E-state index in [0.717, 1.165) is 7.11 Å². The number of rotatable bonds is 4. The van der Waals surface area contributed by atoms with E-state index < -0.39 is 10.1 Å². The van der Waals surface area contributed by atoms with Gasteiger partial charge in [-0.25, -0.2) is 0 Å². The second-order valence-corrected chi connectivity index (χ2v) is 3.71. The normalized spacial score (nSPS) is 11.8. The predicted molar refractivity (Wildman–Crippen MR) is 36.1 cm³/mol. The molecule has 5 heteroatoms. The molecule has 0 amide bonds. The van der Waals surface area contributed by atoms with Crippen LogP contribution in [-0.2, 0) is 14.3 Å². The number of alkyl halides is 1. The Kier molecular flexibility index (Phi) is 4.18. The van der Waals surface area contributed by atoms with Crippen LogP contribution in [0.4, 0.5) is 0 Å². The van der Waals surface area contributed by atoms with Gasteiger partial charge in [0.15, 0.2) is 0 Å². The molecule has 0 aliphatic heterocycles. The van der Waals surface area contributed by atoms with Gasteiger partial charge in [-0.1, -0.05) is 0 Å². The van der Waals surface area contributed by atoms with E-state index >= 15 is 0 Å². The molecule has 56 valence electrons. The third-order valence-electron chi connectivity index (χ3n) is 0.782. The molecule has 0 aromatic heterocycles. The van der Waals surface area contributed by atoms with Crippen molar-refractivity contribution in [3.05, 3.63) is 0 Å². The highest BCUT2D eigenvalue weighted by molar-refractivity contribution is 7.86. The van der Waals surface area contributed by atoms with Crippen molar-refractivity contribution in [1.82, 2.24) is 0 Å².